The van der Waals surface area contributed by atoms with Gasteiger partial charge in [-0.1, -0.05) is 74.5 Å². The lowest BCUT2D eigenvalue weighted by Gasteiger charge is -2.57. The number of benzene rings is 3. The molecule has 1 heterocycles. The predicted octanol–water partition coefficient (Wildman–Crippen LogP) is 4.61. The lowest BCUT2D eigenvalue weighted by molar-refractivity contribution is -0.124. The highest BCUT2D eigenvalue weighted by Gasteiger charge is 2.70. The Morgan fingerprint density at radius 2 is 1.18 bits per heavy atom. The second kappa shape index (κ2) is 6.89. The first-order valence-electron chi connectivity index (χ1n) is 11.7. The summed E-state index contributed by atoms with van der Waals surface area (Å²) in [6, 6.07) is 23.1. The van der Waals surface area contributed by atoms with Crippen molar-refractivity contribution in [1.82, 2.24) is 0 Å². The lowest BCUT2D eigenvalue weighted by atomic mass is 9.42. The summed E-state index contributed by atoms with van der Waals surface area (Å²) < 4.78 is 5.22. The number of hydrogen-bond acceptors (Lipinski definition) is 4. The minimum Gasteiger partial charge on any atom is -0.462 e. The van der Waals surface area contributed by atoms with Gasteiger partial charge >= 0.3 is 5.97 Å². The van der Waals surface area contributed by atoms with E-state index in [1.807, 2.05) is 24.3 Å². The fourth-order valence-corrected chi connectivity index (χ4v) is 6.86. The molecule has 0 radical (unpaired) electrons. The van der Waals surface area contributed by atoms with Crippen LogP contribution in [-0.2, 0) is 25.2 Å². The molecule has 2 atom stereocenters. The quantitative estimate of drug-likeness (QED) is 0.431. The number of esters is 1. The van der Waals surface area contributed by atoms with Crippen molar-refractivity contribution in [3.05, 3.63) is 101 Å². The molecule has 4 aliphatic rings. The Hall–Kier alpha value is -3.73. The van der Waals surface area contributed by atoms with Gasteiger partial charge in [-0.25, -0.2) is 9.69 Å². The molecule has 0 spiro atoms. The number of nitrogens with zero attached hydrogens (tertiary/aromatic N) is 1. The highest BCUT2D eigenvalue weighted by molar-refractivity contribution is 6.25. The van der Waals surface area contributed by atoms with Crippen LogP contribution in [0.3, 0.4) is 0 Å². The Balaban J connectivity index is 1.60. The molecule has 0 unspecified atom stereocenters. The average Bonchev–Trinajstić information content (AvgIpc) is 3.13. The normalized spacial score (nSPS) is 28.4. The first-order valence-corrected chi connectivity index (χ1v) is 11.7. The van der Waals surface area contributed by atoms with E-state index in [0.29, 0.717) is 5.69 Å². The van der Waals surface area contributed by atoms with Crippen LogP contribution in [-0.4, -0.2) is 24.4 Å². The topological polar surface area (TPSA) is 63.7 Å². The first-order chi connectivity index (χ1) is 16.4. The largest absolute Gasteiger partial charge is 0.462 e. The summed E-state index contributed by atoms with van der Waals surface area (Å²) in [5, 5.41) is 0. The predicted molar refractivity (Wildman–Crippen MR) is 128 cm³/mol. The Morgan fingerprint density at radius 1 is 0.765 bits per heavy atom. The van der Waals surface area contributed by atoms with Gasteiger partial charge in [-0.15, -0.1) is 0 Å². The van der Waals surface area contributed by atoms with Gasteiger partial charge in [0.1, 0.15) is 0 Å². The van der Waals surface area contributed by atoms with E-state index < -0.39 is 28.6 Å². The van der Waals surface area contributed by atoms with Crippen molar-refractivity contribution >= 4 is 23.5 Å². The van der Waals surface area contributed by atoms with Gasteiger partial charge in [0.15, 0.2) is 0 Å². The Labute approximate surface area is 198 Å². The molecule has 0 aromatic heterocycles. The molecule has 3 aromatic rings. The van der Waals surface area contributed by atoms with Gasteiger partial charge in [0.2, 0.25) is 11.8 Å². The standard InChI is InChI=1S/C29H25NO4/c1-4-34-27(33)17-11-5-10-16-22(17)30-25(31)23-24(26(30)32)29(3)20-14-8-6-12-18(20)28(23,2)19-13-7-9-15-21(19)29/h5-16,23-24H,4H2,1-3H3/t23-,24-,28?,29?/m0/s1. The highest BCUT2D eigenvalue weighted by Crippen LogP contribution is 2.66. The minimum atomic E-state index is -0.657. The third-order valence-electron chi connectivity index (χ3n) is 8.28. The van der Waals surface area contributed by atoms with E-state index in [9.17, 15) is 14.4 Å². The van der Waals surface area contributed by atoms with Crippen molar-refractivity contribution in [2.75, 3.05) is 11.5 Å². The zero-order valence-corrected chi connectivity index (χ0v) is 19.4. The summed E-state index contributed by atoms with van der Waals surface area (Å²) in [5.74, 6) is -2.19. The van der Waals surface area contributed by atoms with Crippen LogP contribution in [0.1, 0.15) is 53.4 Å². The van der Waals surface area contributed by atoms with Crippen LogP contribution < -0.4 is 4.90 Å². The zero-order valence-electron chi connectivity index (χ0n) is 19.4. The zero-order chi connectivity index (χ0) is 23.8. The number of carbonyl (C=O) groups is 3. The molecule has 3 aromatic carbocycles. The molecule has 0 N–H and O–H groups in total. The molecule has 5 nitrogen and oxygen atoms in total. The van der Waals surface area contributed by atoms with Crippen molar-refractivity contribution in [2.24, 2.45) is 11.8 Å². The maximum atomic E-state index is 14.2. The number of rotatable bonds is 3. The van der Waals surface area contributed by atoms with Crippen LogP contribution in [0, 0.1) is 11.8 Å². The van der Waals surface area contributed by atoms with Crippen LogP contribution >= 0.6 is 0 Å². The summed E-state index contributed by atoms with van der Waals surface area (Å²) in [5.41, 5.74) is 3.59. The molecule has 2 amide bonds. The van der Waals surface area contributed by atoms with E-state index in [1.54, 1.807) is 31.2 Å². The van der Waals surface area contributed by atoms with Crippen molar-refractivity contribution in [3.63, 3.8) is 0 Å². The van der Waals surface area contributed by atoms with E-state index in [4.69, 9.17) is 4.74 Å². The first kappa shape index (κ1) is 20.8. The van der Waals surface area contributed by atoms with E-state index in [0.717, 1.165) is 22.3 Å². The van der Waals surface area contributed by atoms with Gasteiger partial charge in [0.25, 0.3) is 0 Å². The van der Waals surface area contributed by atoms with Gasteiger partial charge < -0.3 is 4.74 Å². The molecular formula is C29H25NO4. The van der Waals surface area contributed by atoms with Crippen molar-refractivity contribution in [1.29, 1.82) is 0 Å². The number of amides is 2. The fraction of sp³-hybridized carbons (Fsp3) is 0.276. The van der Waals surface area contributed by atoms with Gasteiger partial charge in [0, 0.05) is 10.8 Å². The molecule has 3 aliphatic carbocycles. The molecule has 0 saturated carbocycles. The molecule has 2 bridgehead atoms. The number of carbonyl (C=O) groups excluding carboxylic acids is 3. The van der Waals surface area contributed by atoms with Crippen LogP contribution in [0.5, 0.6) is 0 Å². The number of hydrogen-bond donors (Lipinski definition) is 0. The van der Waals surface area contributed by atoms with Gasteiger partial charge in [-0.2, -0.15) is 0 Å². The molecule has 1 saturated heterocycles. The van der Waals surface area contributed by atoms with Gasteiger partial charge in [0.05, 0.1) is 29.7 Å². The van der Waals surface area contributed by atoms with Crippen molar-refractivity contribution in [2.45, 2.75) is 31.6 Å². The van der Waals surface area contributed by atoms with Crippen LogP contribution in [0.15, 0.2) is 72.8 Å². The molecule has 1 fully saturated rings. The van der Waals surface area contributed by atoms with Crippen molar-refractivity contribution in [3.8, 4) is 0 Å². The number of imide groups is 1. The van der Waals surface area contributed by atoms with Crippen LogP contribution in [0.2, 0.25) is 0 Å². The summed E-state index contributed by atoms with van der Waals surface area (Å²) in [7, 11) is 0. The van der Waals surface area contributed by atoms with Crippen molar-refractivity contribution < 1.29 is 19.1 Å². The summed E-state index contributed by atoms with van der Waals surface area (Å²) in [6.07, 6.45) is 0. The van der Waals surface area contributed by atoms with Crippen LogP contribution in [0.25, 0.3) is 0 Å². The van der Waals surface area contributed by atoms with Crippen LogP contribution in [0.4, 0.5) is 5.69 Å². The lowest BCUT2D eigenvalue weighted by Crippen LogP contribution is -2.59. The number of anilines is 1. The SMILES string of the molecule is CCOC(=O)c1ccccc1N1C(=O)[C@@H]2[C@@H](C1=O)C1(C)c3ccccc3C2(C)c2ccccc21. The number of ether oxygens (including phenoxy) is 1. The molecule has 170 valence electrons. The maximum absolute atomic E-state index is 14.2. The Morgan fingerprint density at radius 3 is 1.62 bits per heavy atom. The molecule has 7 rings (SSSR count). The van der Waals surface area contributed by atoms with E-state index in [1.165, 1.54) is 4.90 Å². The third-order valence-corrected chi connectivity index (χ3v) is 8.28. The van der Waals surface area contributed by atoms with E-state index in [-0.39, 0.29) is 24.0 Å². The molecular weight excluding hydrogens is 426 g/mol. The van der Waals surface area contributed by atoms with E-state index >= 15 is 0 Å². The monoisotopic (exact) mass is 451 g/mol. The highest BCUT2D eigenvalue weighted by atomic mass is 16.5. The minimum absolute atomic E-state index is 0.209. The molecule has 5 heteroatoms. The Kier molecular flexibility index (Phi) is 4.22. The number of para-hydroxylation sites is 1. The second-order valence-electron chi connectivity index (χ2n) is 9.70. The maximum Gasteiger partial charge on any atom is 0.340 e. The Bertz CT molecular complexity index is 1270. The average molecular weight is 452 g/mol. The third kappa shape index (κ3) is 2.27. The van der Waals surface area contributed by atoms with E-state index in [2.05, 4.69) is 38.1 Å². The smallest absolute Gasteiger partial charge is 0.340 e. The summed E-state index contributed by atoms with van der Waals surface area (Å²) >= 11 is 0. The fourth-order valence-electron chi connectivity index (χ4n) is 6.86. The van der Waals surface area contributed by atoms with Gasteiger partial charge in [-0.3, -0.25) is 9.59 Å². The molecule has 34 heavy (non-hydrogen) atoms. The second-order valence-corrected chi connectivity index (χ2v) is 9.70. The summed E-state index contributed by atoms with van der Waals surface area (Å²) in [6.45, 7) is 6.12. The van der Waals surface area contributed by atoms with Gasteiger partial charge in [-0.05, 0) is 41.3 Å². The summed E-state index contributed by atoms with van der Waals surface area (Å²) in [4.78, 5) is 42.3. The molecule has 1 aliphatic heterocycles.